The Morgan fingerprint density at radius 3 is 2.45 bits per heavy atom. The van der Waals surface area contributed by atoms with Gasteiger partial charge in [-0.1, -0.05) is 28.1 Å². The van der Waals surface area contributed by atoms with E-state index in [9.17, 15) is 0 Å². The Labute approximate surface area is 207 Å². The third kappa shape index (κ3) is 4.14. The summed E-state index contributed by atoms with van der Waals surface area (Å²) in [6, 6.07) is 26.9. The minimum atomic E-state index is -0.0898. The van der Waals surface area contributed by atoms with E-state index < -0.39 is 0 Å². The van der Waals surface area contributed by atoms with Crippen LogP contribution in [0, 0.1) is 0 Å². The maximum absolute atomic E-state index is 5.88. The molecule has 0 bridgehead atoms. The molecule has 3 heterocycles. The molecule has 2 atom stereocenters. The molecule has 0 spiro atoms. The van der Waals surface area contributed by atoms with Crippen LogP contribution in [-0.2, 0) is 0 Å². The highest BCUT2D eigenvalue weighted by molar-refractivity contribution is 9.10. The third-order valence-electron chi connectivity index (χ3n) is 5.91. The van der Waals surface area contributed by atoms with Crippen LogP contribution in [0.25, 0.3) is 5.69 Å². The molecular weight excluding hydrogens is 494 g/mol. The summed E-state index contributed by atoms with van der Waals surface area (Å²) in [5, 5.41) is 4.24. The smallest absolute Gasteiger partial charge is 0.174 e. The van der Waals surface area contributed by atoms with E-state index in [0.717, 1.165) is 32.9 Å². The highest BCUT2D eigenvalue weighted by atomic mass is 79.9. The number of thiocarbonyl (C=S) groups is 1. The summed E-state index contributed by atoms with van der Waals surface area (Å²) in [6.45, 7) is 0. The Morgan fingerprint density at radius 1 is 0.939 bits per heavy atom. The minimum absolute atomic E-state index is 0.0772. The van der Waals surface area contributed by atoms with E-state index in [0.29, 0.717) is 5.11 Å². The Bertz CT molecular complexity index is 1270. The predicted molar refractivity (Wildman–Crippen MR) is 142 cm³/mol. The number of hydrogen-bond donors (Lipinski definition) is 1. The fourth-order valence-corrected chi connectivity index (χ4v) is 5.07. The van der Waals surface area contributed by atoms with Gasteiger partial charge >= 0.3 is 0 Å². The molecule has 1 N–H and O–H groups in total. The van der Waals surface area contributed by atoms with Crippen LogP contribution in [-0.4, -0.2) is 28.8 Å². The Hall–Kier alpha value is -3.16. The van der Waals surface area contributed by atoms with Crippen LogP contribution >= 0.6 is 28.1 Å². The Balaban J connectivity index is 1.64. The van der Waals surface area contributed by atoms with Crippen LogP contribution in [0.15, 0.2) is 95.7 Å². The number of benzene rings is 2. The molecule has 0 radical (unpaired) electrons. The van der Waals surface area contributed by atoms with E-state index in [4.69, 9.17) is 12.2 Å². The molecule has 4 aromatic rings. The highest BCUT2D eigenvalue weighted by Gasteiger charge is 2.42. The molecule has 1 fully saturated rings. The van der Waals surface area contributed by atoms with Crippen LogP contribution in [0.4, 0.5) is 11.4 Å². The van der Waals surface area contributed by atoms with E-state index in [1.165, 1.54) is 0 Å². The van der Waals surface area contributed by atoms with Gasteiger partial charge < -0.3 is 19.7 Å². The van der Waals surface area contributed by atoms with Crippen molar-refractivity contribution in [1.29, 1.82) is 0 Å². The largest absolute Gasteiger partial charge is 0.378 e. The Morgan fingerprint density at radius 2 is 1.76 bits per heavy atom. The lowest BCUT2D eigenvalue weighted by molar-refractivity contribution is 0.549. The van der Waals surface area contributed by atoms with Crippen molar-refractivity contribution < 1.29 is 0 Å². The topological polar surface area (TPSA) is 36.3 Å². The molecule has 1 aliphatic rings. The van der Waals surface area contributed by atoms with Crippen LogP contribution < -0.4 is 15.1 Å². The zero-order chi connectivity index (χ0) is 22.9. The zero-order valence-corrected chi connectivity index (χ0v) is 20.8. The van der Waals surface area contributed by atoms with Crippen LogP contribution in [0.1, 0.15) is 23.5 Å². The summed E-state index contributed by atoms with van der Waals surface area (Å²) in [6.07, 6.45) is 3.93. The molecule has 33 heavy (non-hydrogen) atoms. The van der Waals surface area contributed by atoms with Crippen molar-refractivity contribution >= 4 is 44.6 Å². The average molecular weight is 518 g/mol. The second kappa shape index (κ2) is 9.00. The fraction of sp³-hybridized carbons (Fsp3) is 0.154. The first-order chi connectivity index (χ1) is 16.0. The van der Waals surface area contributed by atoms with Crippen molar-refractivity contribution in [1.82, 2.24) is 14.9 Å². The zero-order valence-electron chi connectivity index (χ0n) is 18.4. The van der Waals surface area contributed by atoms with Gasteiger partial charge in [0, 0.05) is 53.7 Å². The second-order valence-corrected chi connectivity index (χ2v) is 9.49. The van der Waals surface area contributed by atoms with Gasteiger partial charge in [0.2, 0.25) is 0 Å². The molecule has 1 aliphatic heterocycles. The highest BCUT2D eigenvalue weighted by Crippen LogP contribution is 2.42. The first-order valence-electron chi connectivity index (χ1n) is 10.7. The van der Waals surface area contributed by atoms with Crippen molar-refractivity contribution in [2.24, 2.45) is 0 Å². The maximum Gasteiger partial charge on any atom is 0.174 e. The van der Waals surface area contributed by atoms with E-state index in [1.54, 1.807) is 0 Å². The molecule has 2 aromatic heterocycles. The molecule has 7 heteroatoms. The Kier molecular flexibility index (Phi) is 5.91. The molecule has 0 amide bonds. The summed E-state index contributed by atoms with van der Waals surface area (Å²) in [5.41, 5.74) is 5.37. The number of nitrogens with one attached hydrogen (secondary N) is 1. The lowest BCUT2D eigenvalue weighted by Gasteiger charge is -2.29. The van der Waals surface area contributed by atoms with Crippen molar-refractivity contribution in [2.75, 3.05) is 23.9 Å². The molecule has 5 nitrogen and oxygen atoms in total. The van der Waals surface area contributed by atoms with Crippen molar-refractivity contribution in [2.45, 2.75) is 12.1 Å². The van der Waals surface area contributed by atoms with E-state index >= 15 is 0 Å². The predicted octanol–water partition coefficient (Wildman–Crippen LogP) is 5.88. The molecule has 0 saturated carbocycles. The van der Waals surface area contributed by atoms with Crippen molar-refractivity contribution in [3.8, 4) is 5.69 Å². The summed E-state index contributed by atoms with van der Waals surface area (Å²) in [5.74, 6) is 0. The molecular formula is C26H24BrN5S. The molecule has 0 aliphatic carbocycles. The molecule has 166 valence electrons. The first kappa shape index (κ1) is 21.7. The number of anilines is 2. The monoisotopic (exact) mass is 517 g/mol. The van der Waals surface area contributed by atoms with Gasteiger partial charge in [0.1, 0.15) is 6.04 Å². The number of halogens is 1. The minimum Gasteiger partial charge on any atom is -0.378 e. The van der Waals surface area contributed by atoms with Gasteiger partial charge in [-0.05, 0) is 78.9 Å². The quantitative estimate of drug-likeness (QED) is 0.334. The van der Waals surface area contributed by atoms with E-state index in [-0.39, 0.29) is 12.1 Å². The number of hydrogen-bond acceptors (Lipinski definition) is 3. The lowest BCUT2D eigenvalue weighted by Crippen LogP contribution is -2.30. The number of rotatable bonds is 5. The van der Waals surface area contributed by atoms with Crippen molar-refractivity contribution in [3.63, 3.8) is 0 Å². The lowest BCUT2D eigenvalue weighted by atomic mass is 10.0. The SMILES string of the molecule is CN(C)c1ccc(N2C(=S)N[C@H](c3ccccn3)[C@@H]2c2cccn2-c2cccc(Br)c2)cc1. The molecule has 5 rings (SSSR count). The van der Waals surface area contributed by atoms with E-state index in [2.05, 4.69) is 107 Å². The number of pyridine rings is 1. The van der Waals surface area contributed by atoms with Crippen molar-refractivity contribution in [3.05, 3.63) is 107 Å². The van der Waals surface area contributed by atoms with Crippen LogP contribution in [0.2, 0.25) is 0 Å². The number of nitrogens with zero attached hydrogens (tertiary/aromatic N) is 4. The summed E-state index contributed by atoms with van der Waals surface area (Å²) < 4.78 is 3.26. The van der Waals surface area contributed by atoms with Gasteiger partial charge in [0.15, 0.2) is 5.11 Å². The average Bonchev–Trinajstić information content (AvgIpc) is 3.44. The van der Waals surface area contributed by atoms with Crippen LogP contribution in [0.5, 0.6) is 0 Å². The molecule has 0 unspecified atom stereocenters. The van der Waals surface area contributed by atoms with Crippen LogP contribution in [0.3, 0.4) is 0 Å². The normalized spacial score (nSPS) is 17.8. The second-order valence-electron chi connectivity index (χ2n) is 8.19. The van der Waals surface area contributed by atoms with E-state index in [1.807, 2.05) is 38.5 Å². The number of aromatic nitrogens is 2. The molecule has 1 saturated heterocycles. The molecule has 2 aromatic carbocycles. The van der Waals surface area contributed by atoms with Gasteiger partial charge in [-0.3, -0.25) is 4.98 Å². The van der Waals surface area contributed by atoms with Gasteiger partial charge in [-0.25, -0.2) is 0 Å². The standard InChI is InChI=1S/C26H24BrN5S/c1-30(2)19-11-13-20(14-12-19)32-25(24(29-26(32)33)22-9-3-4-15-28-22)23-10-6-16-31(23)21-8-5-7-18(27)17-21/h3-17,24-25H,1-2H3,(H,29,33)/t24-,25+/m1/s1. The van der Waals surface area contributed by atoms with Gasteiger partial charge in [0.25, 0.3) is 0 Å². The van der Waals surface area contributed by atoms with Gasteiger partial charge in [-0.2, -0.15) is 0 Å². The third-order valence-corrected chi connectivity index (χ3v) is 6.72. The summed E-state index contributed by atoms with van der Waals surface area (Å²) in [7, 11) is 4.09. The summed E-state index contributed by atoms with van der Waals surface area (Å²) >= 11 is 9.49. The van der Waals surface area contributed by atoms with Gasteiger partial charge in [-0.15, -0.1) is 0 Å². The van der Waals surface area contributed by atoms with Gasteiger partial charge in [0.05, 0.1) is 11.7 Å². The first-order valence-corrected chi connectivity index (χ1v) is 11.9. The maximum atomic E-state index is 5.88. The summed E-state index contributed by atoms with van der Waals surface area (Å²) in [4.78, 5) is 8.97. The fourth-order valence-electron chi connectivity index (χ4n) is 4.34.